The first-order chi connectivity index (χ1) is 13.6. The Balaban J connectivity index is 1.41. The van der Waals surface area contributed by atoms with Crippen molar-refractivity contribution in [2.24, 2.45) is 0 Å². The van der Waals surface area contributed by atoms with Crippen LogP contribution in [0.15, 0.2) is 53.2 Å². The van der Waals surface area contributed by atoms with Crippen LogP contribution in [0.4, 0.5) is 17.3 Å². The molecule has 0 radical (unpaired) electrons. The molecule has 1 fully saturated rings. The number of halogens is 1. The number of hydrogen-bond donors (Lipinski definition) is 1. The third kappa shape index (κ3) is 4.09. The number of aromatic nitrogens is 2. The molecule has 7 nitrogen and oxygen atoms in total. The van der Waals surface area contributed by atoms with Gasteiger partial charge < -0.3 is 19.6 Å². The van der Waals surface area contributed by atoms with Crippen LogP contribution in [0, 0.1) is 6.92 Å². The smallest absolute Gasteiger partial charge is 0.257 e. The zero-order valence-electron chi connectivity index (χ0n) is 15.4. The number of carbonyl (C=O) groups is 1. The molecule has 1 aliphatic heterocycles. The highest BCUT2D eigenvalue weighted by Crippen LogP contribution is 2.23. The van der Waals surface area contributed by atoms with Gasteiger partial charge in [-0.05, 0) is 37.3 Å². The number of anilines is 3. The van der Waals surface area contributed by atoms with Crippen molar-refractivity contribution in [3.63, 3.8) is 0 Å². The van der Waals surface area contributed by atoms with Crippen LogP contribution in [-0.4, -0.2) is 42.2 Å². The van der Waals surface area contributed by atoms with Gasteiger partial charge in [0.05, 0.1) is 0 Å². The van der Waals surface area contributed by atoms with Gasteiger partial charge in [0.2, 0.25) is 0 Å². The van der Waals surface area contributed by atoms with E-state index in [0.717, 1.165) is 42.7 Å². The van der Waals surface area contributed by atoms with Crippen LogP contribution in [0.2, 0.25) is 5.02 Å². The molecule has 0 bridgehead atoms. The second-order valence-corrected chi connectivity index (χ2v) is 7.07. The van der Waals surface area contributed by atoms with Gasteiger partial charge in [-0.3, -0.25) is 4.79 Å². The Morgan fingerprint density at radius 3 is 2.61 bits per heavy atom. The van der Waals surface area contributed by atoms with Crippen LogP contribution >= 0.6 is 11.6 Å². The van der Waals surface area contributed by atoms with Gasteiger partial charge in [0.15, 0.2) is 5.82 Å². The molecular formula is C20H20ClN5O2. The van der Waals surface area contributed by atoms with E-state index in [1.54, 1.807) is 31.3 Å². The minimum Gasteiger partial charge on any atom is -0.368 e. The number of nitrogens with one attached hydrogen (secondary N) is 1. The maximum atomic E-state index is 12.5. The lowest BCUT2D eigenvalue weighted by atomic mass is 10.2. The lowest BCUT2D eigenvalue weighted by Gasteiger charge is -2.36. The molecule has 8 heteroatoms. The van der Waals surface area contributed by atoms with Crippen molar-refractivity contribution in [2.75, 3.05) is 41.3 Å². The number of hydrogen-bond acceptors (Lipinski definition) is 6. The Kier molecular flexibility index (Phi) is 5.16. The van der Waals surface area contributed by atoms with Crippen molar-refractivity contribution in [1.29, 1.82) is 0 Å². The first kappa shape index (κ1) is 18.3. The molecule has 1 amide bonds. The second kappa shape index (κ2) is 7.90. The molecule has 0 aliphatic carbocycles. The summed E-state index contributed by atoms with van der Waals surface area (Å²) in [5.74, 6) is 1.59. The Hall–Kier alpha value is -3.06. The molecule has 3 aromatic rings. The van der Waals surface area contributed by atoms with Gasteiger partial charge in [-0.2, -0.15) is 0 Å². The SMILES string of the molecule is Cc1cc(NC(=O)c2ccnc(N3CCN(c4cccc(Cl)c4)CC3)c2)no1. The third-order valence-corrected chi connectivity index (χ3v) is 4.89. The fourth-order valence-electron chi connectivity index (χ4n) is 3.21. The standard InChI is InChI=1S/C20H20ClN5O2/c1-14-11-18(24-28-14)23-20(27)15-5-6-22-19(12-15)26-9-7-25(8-10-26)17-4-2-3-16(21)13-17/h2-6,11-13H,7-10H2,1H3,(H,23,24,27). The number of rotatable bonds is 4. The summed E-state index contributed by atoms with van der Waals surface area (Å²) < 4.78 is 4.98. The Morgan fingerprint density at radius 2 is 1.89 bits per heavy atom. The van der Waals surface area contributed by atoms with Gasteiger partial charge in [-0.1, -0.05) is 22.8 Å². The molecule has 1 saturated heterocycles. The van der Waals surface area contributed by atoms with Crippen LogP contribution in [-0.2, 0) is 0 Å². The van der Waals surface area contributed by atoms with Gasteiger partial charge >= 0.3 is 0 Å². The molecule has 1 aromatic carbocycles. The third-order valence-electron chi connectivity index (χ3n) is 4.65. The van der Waals surface area contributed by atoms with Crippen molar-refractivity contribution < 1.29 is 9.32 Å². The quantitative estimate of drug-likeness (QED) is 0.724. The van der Waals surface area contributed by atoms with E-state index in [-0.39, 0.29) is 5.91 Å². The number of piperazine rings is 1. The summed E-state index contributed by atoms with van der Waals surface area (Å²) in [4.78, 5) is 21.4. The molecule has 1 N–H and O–H groups in total. The maximum absolute atomic E-state index is 12.5. The highest BCUT2D eigenvalue weighted by Gasteiger charge is 2.19. The number of benzene rings is 1. The van der Waals surface area contributed by atoms with Crippen molar-refractivity contribution in [1.82, 2.24) is 10.1 Å². The van der Waals surface area contributed by atoms with Crippen molar-refractivity contribution >= 4 is 34.8 Å². The van der Waals surface area contributed by atoms with Crippen molar-refractivity contribution in [3.8, 4) is 0 Å². The van der Waals surface area contributed by atoms with E-state index in [4.69, 9.17) is 16.1 Å². The van der Waals surface area contributed by atoms with E-state index < -0.39 is 0 Å². The average Bonchev–Trinajstić information content (AvgIpc) is 3.13. The summed E-state index contributed by atoms with van der Waals surface area (Å²) >= 11 is 6.10. The van der Waals surface area contributed by atoms with Gasteiger partial charge in [0.25, 0.3) is 5.91 Å². The molecule has 1 aliphatic rings. The lowest BCUT2D eigenvalue weighted by Crippen LogP contribution is -2.46. The summed E-state index contributed by atoms with van der Waals surface area (Å²) in [7, 11) is 0. The molecule has 0 atom stereocenters. The highest BCUT2D eigenvalue weighted by atomic mass is 35.5. The summed E-state index contributed by atoms with van der Waals surface area (Å²) in [6.45, 7) is 5.11. The number of aryl methyl sites for hydroxylation is 1. The first-order valence-electron chi connectivity index (χ1n) is 9.05. The van der Waals surface area contributed by atoms with Gasteiger partial charge in [-0.25, -0.2) is 4.98 Å². The zero-order chi connectivity index (χ0) is 19.5. The topological polar surface area (TPSA) is 74.5 Å². The molecule has 4 rings (SSSR count). The summed E-state index contributed by atoms with van der Waals surface area (Å²) in [6.07, 6.45) is 1.65. The minimum atomic E-state index is -0.241. The van der Waals surface area contributed by atoms with E-state index in [1.807, 2.05) is 18.2 Å². The average molecular weight is 398 g/mol. The van der Waals surface area contributed by atoms with Crippen LogP contribution in [0.1, 0.15) is 16.1 Å². The van der Waals surface area contributed by atoms with Gasteiger partial charge in [-0.15, -0.1) is 0 Å². The first-order valence-corrected chi connectivity index (χ1v) is 9.42. The molecule has 0 spiro atoms. The monoisotopic (exact) mass is 397 g/mol. The predicted octanol–water partition coefficient (Wildman–Crippen LogP) is 3.61. The summed E-state index contributed by atoms with van der Waals surface area (Å²) in [6, 6.07) is 13.1. The number of nitrogens with zero attached hydrogens (tertiary/aromatic N) is 4. The zero-order valence-corrected chi connectivity index (χ0v) is 16.2. The van der Waals surface area contributed by atoms with Crippen LogP contribution < -0.4 is 15.1 Å². The molecular weight excluding hydrogens is 378 g/mol. The van der Waals surface area contributed by atoms with E-state index >= 15 is 0 Å². The summed E-state index contributed by atoms with van der Waals surface area (Å²) in [5.41, 5.74) is 1.65. The highest BCUT2D eigenvalue weighted by molar-refractivity contribution is 6.30. The van der Waals surface area contributed by atoms with Crippen molar-refractivity contribution in [3.05, 3.63) is 65.0 Å². The largest absolute Gasteiger partial charge is 0.368 e. The van der Waals surface area contributed by atoms with Crippen LogP contribution in [0.5, 0.6) is 0 Å². The van der Waals surface area contributed by atoms with Crippen LogP contribution in [0.25, 0.3) is 0 Å². The van der Waals surface area contributed by atoms with Crippen molar-refractivity contribution in [2.45, 2.75) is 6.92 Å². The Morgan fingerprint density at radius 1 is 1.11 bits per heavy atom. The van der Waals surface area contributed by atoms with Gasteiger partial charge in [0, 0.05) is 54.7 Å². The van der Waals surface area contributed by atoms with E-state index in [0.29, 0.717) is 17.1 Å². The second-order valence-electron chi connectivity index (χ2n) is 6.63. The maximum Gasteiger partial charge on any atom is 0.257 e. The molecule has 3 heterocycles. The molecule has 0 unspecified atom stereocenters. The Bertz CT molecular complexity index is 982. The van der Waals surface area contributed by atoms with E-state index in [1.165, 1.54) is 0 Å². The van der Waals surface area contributed by atoms with Crippen LogP contribution in [0.3, 0.4) is 0 Å². The number of carbonyl (C=O) groups excluding carboxylic acids is 1. The molecule has 144 valence electrons. The normalized spacial score (nSPS) is 14.2. The molecule has 2 aromatic heterocycles. The number of pyridine rings is 1. The van der Waals surface area contributed by atoms with E-state index in [2.05, 4.69) is 31.3 Å². The minimum absolute atomic E-state index is 0.241. The van der Waals surface area contributed by atoms with Gasteiger partial charge in [0.1, 0.15) is 11.6 Å². The molecule has 28 heavy (non-hydrogen) atoms. The fourth-order valence-corrected chi connectivity index (χ4v) is 3.40. The summed E-state index contributed by atoms with van der Waals surface area (Å²) in [5, 5.41) is 7.26. The fraction of sp³-hybridized carbons (Fsp3) is 0.250. The predicted molar refractivity (Wildman–Crippen MR) is 109 cm³/mol. The number of amides is 1. The Labute approximate surface area is 167 Å². The lowest BCUT2D eigenvalue weighted by molar-refractivity contribution is 0.102. The molecule has 0 saturated carbocycles. The van der Waals surface area contributed by atoms with E-state index in [9.17, 15) is 4.79 Å².